The van der Waals surface area contributed by atoms with E-state index in [4.69, 9.17) is 5.11 Å². The van der Waals surface area contributed by atoms with Gasteiger partial charge in [0.2, 0.25) is 0 Å². The number of thiazole rings is 1. The lowest BCUT2D eigenvalue weighted by Crippen LogP contribution is -1.94. The number of fused-ring (bicyclic) bond motifs is 1. The van der Waals surface area contributed by atoms with Gasteiger partial charge in [-0.1, -0.05) is 0 Å². The number of aromatic nitrogens is 3. The molecule has 3 aromatic rings. The maximum atomic E-state index is 10.9. The molecule has 5 nitrogen and oxygen atoms in total. The van der Waals surface area contributed by atoms with Crippen LogP contribution in [0.5, 0.6) is 0 Å². The van der Waals surface area contributed by atoms with Crippen LogP contribution >= 0.6 is 11.3 Å². The van der Waals surface area contributed by atoms with Crippen molar-refractivity contribution in [2.45, 2.75) is 6.92 Å². The number of carboxylic acids is 1. The molecule has 2 N–H and O–H groups in total. The number of H-pyrrole nitrogens is 1. The summed E-state index contributed by atoms with van der Waals surface area (Å²) in [6.07, 6.45) is 0. The van der Waals surface area contributed by atoms with Gasteiger partial charge in [-0.05, 0) is 25.1 Å². The molecule has 0 aliphatic heterocycles. The lowest BCUT2D eigenvalue weighted by atomic mass is 10.2. The molecule has 0 bridgehead atoms. The minimum Gasteiger partial charge on any atom is -0.478 e. The van der Waals surface area contributed by atoms with Crippen LogP contribution in [0.1, 0.15) is 15.4 Å². The van der Waals surface area contributed by atoms with Crippen LogP contribution in [0, 0.1) is 6.92 Å². The summed E-state index contributed by atoms with van der Waals surface area (Å²) >= 11 is 1.55. The van der Waals surface area contributed by atoms with Crippen LogP contribution in [-0.2, 0) is 0 Å². The Morgan fingerprint density at radius 2 is 2.22 bits per heavy atom. The van der Waals surface area contributed by atoms with E-state index < -0.39 is 5.97 Å². The number of nitrogens with zero attached hydrogens (tertiary/aromatic N) is 2. The van der Waals surface area contributed by atoms with Crippen molar-refractivity contribution in [2.75, 3.05) is 0 Å². The largest absolute Gasteiger partial charge is 0.478 e. The van der Waals surface area contributed by atoms with Gasteiger partial charge in [-0.2, -0.15) is 0 Å². The summed E-state index contributed by atoms with van der Waals surface area (Å²) in [6.45, 7) is 1.93. The Bertz CT molecular complexity index is 745. The number of benzene rings is 1. The molecule has 0 saturated carbocycles. The maximum absolute atomic E-state index is 10.9. The zero-order valence-corrected chi connectivity index (χ0v) is 10.3. The third-order valence-electron chi connectivity index (χ3n) is 2.59. The van der Waals surface area contributed by atoms with Crippen LogP contribution in [0.15, 0.2) is 23.6 Å². The molecule has 3 rings (SSSR count). The molecule has 0 radical (unpaired) electrons. The highest BCUT2D eigenvalue weighted by Crippen LogP contribution is 2.22. The summed E-state index contributed by atoms with van der Waals surface area (Å²) in [6, 6.07) is 4.81. The topological polar surface area (TPSA) is 78.9 Å². The van der Waals surface area contributed by atoms with E-state index in [-0.39, 0.29) is 5.56 Å². The minimum absolute atomic E-state index is 0.243. The first-order chi connectivity index (χ1) is 8.63. The number of hydrogen-bond acceptors (Lipinski definition) is 4. The average molecular weight is 259 g/mol. The molecule has 0 aliphatic carbocycles. The van der Waals surface area contributed by atoms with E-state index in [1.165, 1.54) is 0 Å². The molecule has 0 fully saturated rings. The van der Waals surface area contributed by atoms with E-state index in [1.807, 2.05) is 12.3 Å². The number of carboxylic acid groups (broad SMARTS) is 1. The molecule has 0 aliphatic rings. The summed E-state index contributed by atoms with van der Waals surface area (Å²) in [5.41, 5.74) is 2.47. The Morgan fingerprint density at radius 3 is 2.89 bits per heavy atom. The van der Waals surface area contributed by atoms with Gasteiger partial charge in [-0.25, -0.2) is 14.8 Å². The Kier molecular flexibility index (Phi) is 2.38. The number of hydrogen-bond donors (Lipinski definition) is 2. The zero-order valence-electron chi connectivity index (χ0n) is 9.47. The first-order valence-electron chi connectivity index (χ1n) is 5.29. The number of nitrogens with one attached hydrogen (secondary N) is 1. The van der Waals surface area contributed by atoms with Gasteiger partial charge < -0.3 is 10.1 Å². The zero-order chi connectivity index (χ0) is 12.7. The van der Waals surface area contributed by atoms with Crippen molar-refractivity contribution in [2.24, 2.45) is 0 Å². The lowest BCUT2D eigenvalue weighted by molar-refractivity contribution is 0.0697. The highest BCUT2D eigenvalue weighted by atomic mass is 32.1. The van der Waals surface area contributed by atoms with Crippen molar-refractivity contribution in [1.29, 1.82) is 0 Å². The van der Waals surface area contributed by atoms with Crippen LogP contribution in [0.2, 0.25) is 0 Å². The summed E-state index contributed by atoms with van der Waals surface area (Å²) in [5.74, 6) is -0.283. The van der Waals surface area contributed by atoms with E-state index in [2.05, 4.69) is 15.0 Å². The number of aromatic carboxylic acids is 1. The van der Waals surface area contributed by atoms with Gasteiger partial charge in [0.05, 0.1) is 21.6 Å². The summed E-state index contributed by atoms with van der Waals surface area (Å²) < 4.78 is 0. The van der Waals surface area contributed by atoms with E-state index >= 15 is 0 Å². The fourth-order valence-electron chi connectivity index (χ4n) is 1.74. The number of aryl methyl sites for hydroxylation is 1. The quantitative estimate of drug-likeness (QED) is 0.741. The van der Waals surface area contributed by atoms with Crippen LogP contribution < -0.4 is 0 Å². The van der Waals surface area contributed by atoms with Gasteiger partial charge in [-0.15, -0.1) is 11.3 Å². The summed E-state index contributed by atoms with van der Waals surface area (Å²) in [5, 5.41) is 11.8. The second-order valence-corrected chi connectivity index (χ2v) is 4.94. The SMILES string of the molecule is Cc1nc(-c2nc3ccc(C(=O)O)cc3[nH]2)cs1. The molecule has 2 aromatic heterocycles. The number of carbonyl (C=O) groups is 1. The molecule has 0 saturated heterocycles. The van der Waals surface area contributed by atoms with E-state index in [0.29, 0.717) is 11.3 Å². The fourth-order valence-corrected chi connectivity index (χ4v) is 2.33. The predicted octanol–water partition coefficient (Wildman–Crippen LogP) is 2.69. The normalized spacial score (nSPS) is 10.9. The van der Waals surface area contributed by atoms with Crippen molar-refractivity contribution in [3.05, 3.63) is 34.2 Å². The molecule has 18 heavy (non-hydrogen) atoms. The van der Waals surface area contributed by atoms with Gasteiger partial charge in [0, 0.05) is 5.38 Å². The van der Waals surface area contributed by atoms with Gasteiger partial charge in [-0.3, -0.25) is 0 Å². The predicted molar refractivity (Wildman–Crippen MR) is 68.9 cm³/mol. The van der Waals surface area contributed by atoms with Crippen LogP contribution in [0.25, 0.3) is 22.6 Å². The number of aromatic amines is 1. The van der Waals surface area contributed by atoms with Crippen molar-refractivity contribution < 1.29 is 9.90 Å². The Balaban J connectivity index is 2.13. The Hall–Kier alpha value is -2.21. The number of imidazole rings is 1. The minimum atomic E-state index is -0.947. The first-order valence-corrected chi connectivity index (χ1v) is 6.17. The lowest BCUT2D eigenvalue weighted by Gasteiger charge is -1.92. The molecule has 90 valence electrons. The van der Waals surface area contributed by atoms with Crippen molar-refractivity contribution in [3.63, 3.8) is 0 Å². The van der Waals surface area contributed by atoms with Crippen LogP contribution in [0.3, 0.4) is 0 Å². The first kappa shape index (κ1) is 10.9. The summed E-state index contributed by atoms with van der Waals surface area (Å²) in [4.78, 5) is 22.7. The Labute approximate surface area is 106 Å². The van der Waals surface area contributed by atoms with Crippen LogP contribution in [-0.4, -0.2) is 26.0 Å². The van der Waals surface area contributed by atoms with Crippen molar-refractivity contribution >= 4 is 28.3 Å². The Morgan fingerprint density at radius 1 is 1.39 bits per heavy atom. The molecule has 0 unspecified atom stereocenters. The average Bonchev–Trinajstić information content (AvgIpc) is 2.93. The van der Waals surface area contributed by atoms with E-state index in [0.717, 1.165) is 16.2 Å². The van der Waals surface area contributed by atoms with Gasteiger partial charge in [0.25, 0.3) is 0 Å². The van der Waals surface area contributed by atoms with Crippen molar-refractivity contribution in [1.82, 2.24) is 15.0 Å². The molecule has 1 aromatic carbocycles. The fraction of sp³-hybridized carbons (Fsp3) is 0.0833. The van der Waals surface area contributed by atoms with Crippen molar-refractivity contribution in [3.8, 4) is 11.5 Å². The molecular formula is C12H9N3O2S. The monoisotopic (exact) mass is 259 g/mol. The standard InChI is InChI=1S/C12H9N3O2S/c1-6-13-10(5-18-6)11-14-8-3-2-7(12(16)17)4-9(8)15-11/h2-5H,1H3,(H,14,15)(H,16,17). The smallest absolute Gasteiger partial charge is 0.335 e. The van der Waals surface area contributed by atoms with E-state index in [9.17, 15) is 4.79 Å². The van der Waals surface area contributed by atoms with E-state index in [1.54, 1.807) is 29.5 Å². The molecule has 0 atom stereocenters. The molecule has 6 heteroatoms. The van der Waals surface area contributed by atoms with Gasteiger partial charge in [0.1, 0.15) is 5.69 Å². The third-order valence-corrected chi connectivity index (χ3v) is 3.36. The number of rotatable bonds is 2. The molecule has 2 heterocycles. The molecular weight excluding hydrogens is 250 g/mol. The van der Waals surface area contributed by atoms with Gasteiger partial charge >= 0.3 is 5.97 Å². The van der Waals surface area contributed by atoms with Crippen LogP contribution in [0.4, 0.5) is 0 Å². The summed E-state index contributed by atoms with van der Waals surface area (Å²) in [7, 11) is 0. The highest BCUT2D eigenvalue weighted by molar-refractivity contribution is 7.09. The molecule has 0 amide bonds. The second-order valence-electron chi connectivity index (χ2n) is 3.87. The maximum Gasteiger partial charge on any atom is 0.335 e. The molecule has 0 spiro atoms. The second kappa shape index (κ2) is 3.92. The van der Waals surface area contributed by atoms with Gasteiger partial charge in [0.15, 0.2) is 5.82 Å². The highest BCUT2D eigenvalue weighted by Gasteiger charge is 2.10. The third kappa shape index (κ3) is 1.76.